The van der Waals surface area contributed by atoms with Crippen molar-refractivity contribution in [1.82, 2.24) is 25.4 Å². The van der Waals surface area contributed by atoms with Crippen molar-refractivity contribution < 1.29 is 14.6 Å². The minimum atomic E-state index is -0.769. The summed E-state index contributed by atoms with van der Waals surface area (Å²) in [6, 6.07) is 5.56. The lowest BCUT2D eigenvalue weighted by molar-refractivity contribution is -0.141. The fourth-order valence-electron chi connectivity index (χ4n) is 3.48. The highest BCUT2D eigenvalue weighted by atomic mass is 16.5. The number of carbonyl (C=O) groups is 1. The van der Waals surface area contributed by atoms with Gasteiger partial charge in [-0.05, 0) is 31.9 Å². The summed E-state index contributed by atoms with van der Waals surface area (Å²) in [4.78, 5) is 32.7. The van der Waals surface area contributed by atoms with Crippen LogP contribution in [0.1, 0.15) is 19.8 Å². The fraction of sp³-hybridized carbons (Fsp3) is 0.389. The van der Waals surface area contributed by atoms with Crippen LogP contribution < -0.4 is 15.2 Å². The van der Waals surface area contributed by atoms with Gasteiger partial charge in [0.25, 0.3) is 5.56 Å². The molecule has 1 aliphatic heterocycles. The Morgan fingerprint density at radius 3 is 3.07 bits per heavy atom. The number of aromatic nitrogens is 5. The average Bonchev–Trinajstić information content (AvgIpc) is 3.17. The molecule has 0 saturated carbocycles. The highest BCUT2D eigenvalue weighted by Crippen LogP contribution is 2.33. The second kappa shape index (κ2) is 7.29. The predicted molar refractivity (Wildman–Crippen MR) is 101 cm³/mol. The molecule has 0 aliphatic carbocycles. The summed E-state index contributed by atoms with van der Waals surface area (Å²) in [6.45, 7) is 3.55. The smallest absolute Gasteiger partial charge is 0.308 e. The number of aromatic amines is 2. The minimum absolute atomic E-state index is 0.145. The number of aliphatic carboxylic acids is 1. The van der Waals surface area contributed by atoms with Crippen molar-refractivity contribution in [2.45, 2.75) is 19.8 Å². The molecule has 3 aromatic rings. The topological polar surface area (TPSA) is 137 Å². The van der Waals surface area contributed by atoms with E-state index in [9.17, 15) is 14.7 Å². The van der Waals surface area contributed by atoms with Crippen molar-refractivity contribution in [1.29, 1.82) is 0 Å². The number of nitrogens with one attached hydrogen (secondary N) is 2. The highest BCUT2D eigenvalue weighted by Gasteiger charge is 2.26. The lowest BCUT2D eigenvalue weighted by Crippen LogP contribution is -2.38. The van der Waals surface area contributed by atoms with Gasteiger partial charge in [0.1, 0.15) is 11.6 Å². The summed E-state index contributed by atoms with van der Waals surface area (Å²) >= 11 is 0. The first-order chi connectivity index (χ1) is 13.6. The van der Waals surface area contributed by atoms with Gasteiger partial charge in [0.2, 0.25) is 0 Å². The molecule has 10 heteroatoms. The molecule has 28 heavy (non-hydrogen) atoms. The normalized spacial score (nSPS) is 17.0. The maximum absolute atomic E-state index is 12.2. The third-order valence-electron chi connectivity index (χ3n) is 4.86. The van der Waals surface area contributed by atoms with Gasteiger partial charge in [0.15, 0.2) is 11.2 Å². The van der Waals surface area contributed by atoms with Crippen LogP contribution in [0.25, 0.3) is 22.6 Å². The summed E-state index contributed by atoms with van der Waals surface area (Å²) in [5, 5.41) is 19.2. The van der Waals surface area contributed by atoms with Gasteiger partial charge in [-0.15, -0.1) is 5.10 Å². The zero-order valence-electron chi connectivity index (χ0n) is 15.3. The standard InChI is InChI=1S/C18H20N6O4/c1-2-28-13-8-11(24-7-3-4-10(9-24)18(26)27)5-6-12(13)15-19-16-14(17(25)20-15)21-23-22-16/h5-6,8,10H,2-4,7,9H2,1H3,(H,26,27)(H2,19,20,21,22,23,25). The maximum atomic E-state index is 12.2. The van der Waals surface area contributed by atoms with Gasteiger partial charge in [0, 0.05) is 24.8 Å². The number of hydrogen-bond acceptors (Lipinski definition) is 7. The monoisotopic (exact) mass is 384 g/mol. The first kappa shape index (κ1) is 18.0. The molecule has 4 rings (SSSR count). The van der Waals surface area contributed by atoms with Crippen LogP contribution in [0.2, 0.25) is 0 Å². The van der Waals surface area contributed by atoms with Crippen LogP contribution in [-0.4, -0.2) is 56.2 Å². The van der Waals surface area contributed by atoms with Crippen LogP contribution in [0.15, 0.2) is 23.0 Å². The van der Waals surface area contributed by atoms with Crippen molar-refractivity contribution in [2.75, 3.05) is 24.6 Å². The van der Waals surface area contributed by atoms with E-state index in [4.69, 9.17) is 4.74 Å². The summed E-state index contributed by atoms with van der Waals surface area (Å²) in [7, 11) is 0. The molecule has 1 fully saturated rings. The summed E-state index contributed by atoms with van der Waals surface area (Å²) < 4.78 is 5.78. The van der Waals surface area contributed by atoms with E-state index in [1.807, 2.05) is 30.0 Å². The van der Waals surface area contributed by atoms with E-state index in [-0.39, 0.29) is 17.0 Å². The van der Waals surface area contributed by atoms with Crippen LogP contribution in [0.3, 0.4) is 0 Å². The van der Waals surface area contributed by atoms with Gasteiger partial charge in [0.05, 0.1) is 18.1 Å². The molecule has 10 nitrogen and oxygen atoms in total. The maximum Gasteiger partial charge on any atom is 0.308 e. The number of fused-ring (bicyclic) bond motifs is 1. The van der Waals surface area contributed by atoms with E-state index < -0.39 is 5.97 Å². The van der Waals surface area contributed by atoms with Crippen LogP contribution in [0.5, 0.6) is 5.75 Å². The quantitative estimate of drug-likeness (QED) is 0.600. The SMILES string of the molecule is CCOc1cc(N2CCCC(C(=O)O)C2)ccc1-c1nc2[nH]nnc2c(=O)[nH]1. The molecule has 1 unspecified atom stereocenters. The Bertz CT molecular complexity index is 1080. The van der Waals surface area contributed by atoms with Crippen LogP contribution in [0, 0.1) is 5.92 Å². The summed E-state index contributed by atoms with van der Waals surface area (Å²) in [5.74, 6) is -0.236. The molecule has 1 saturated heterocycles. The molecule has 1 aliphatic rings. The number of anilines is 1. The molecule has 0 spiro atoms. The third-order valence-corrected chi connectivity index (χ3v) is 4.86. The van der Waals surface area contributed by atoms with Gasteiger partial charge in [-0.2, -0.15) is 0 Å². The second-order valence-corrected chi connectivity index (χ2v) is 6.66. The number of hydrogen-bond donors (Lipinski definition) is 3. The molecule has 0 amide bonds. The third kappa shape index (κ3) is 3.28. The number of ether oxygens (including phenoxy) is 1. The van der Waals surface area contributed by atoms with Gasteiger partial charge >= 0.3 is 5.97 Å². The Hall–Kier alpha value is -3.43. The number of carboxylic acid groups (broad SMARTS) is 1. The molecular formula is C18H20N6O4. The zero-order chi connectivity index (χ0) is 19.7. The molecule has 2 aromatic heterocycles. The lowest BCUT2D eigenvalue weighted by Gasteiger charge is -2.33. The average molecular weight is 384 g/mol. The van der Waals surface area contributed by atoms with E-state index >= 15 is 0 Å². The zero-order valence-corrected chi connectivity index (χ0v) is 15.3. The van der Waals surface area contributed by atoms with Crippen molar-refractivity contribution in [2.24, 2.45) is 5.92 Å². The second-order valence-electron chi connectivity index (χ2n) is 6.66. The Morgan fingerprint density at radius 1 is 1.43 bits per heavy atom. The molecule has 0 bridgehead atoms. The Kier molecular flexibility index (Phi) is 4.68. The van der Waals surface area contributed by atoms with E-state index in [1.165, 1.54) is 0 Å². The largest absolute Gasteiger partial charge is 0.493 e. The number of rotatable bonds is 5. The molecule has 146 valence electrons. The first-order valence-electron chi connectivity index (χ1n) is 9.13. The van der Waals surface area contributed by atoms with Crippen molar-refractivity contribution >= 4 is 22.8 Å². The van der Waals surface area contributed by atoms with Gasteiger partial charge in [-0.1, -0.05) is 5.21 Å². The molecule has 0 radical (unpaired) electrons. The Labute approximate surface area is 159 Å². The molecule has 1 aromatic carbocycles. The Balaban J connectivity index is 1.72. The van der Waals surface area contributed by atoms with Gasteiger partial charge in [-0.25, -0.2) is 10.1 Å². The molecule has 3 heterocycles. The van der Waals surface area contributed by atoms with Crippen LogP contribution >= 0.6 is 0 Å². The number of H-pyrrole nitrogens is 2. The minimum Gasteiger partial charge on any atom is -0.493 e. The number of benzene rings is 1. The molecule has 1 atom stereocenters. The van der Waals surface area contributed by atoms with Crippen LogP contribution in [-0.2, 0) is 4.79 Å². The van der Waals surface area contributed by atoms with Crippen molar-refractivity contribution in [3.63, 3.8) is 0 Å². The van der Waals surface area contributed by atoms with Crippen molar-refractivity contribution in [3.05, 3.63) is 28.6 Å². The number of nitrogens with zero attached hydrogens (tertiary/aromatic N) is 4. The van der Waals surface area contributed by atoms with Crippen molar-refractivity contribution in [3.8, 4) is 17.1 Å². The predicted octanol–water partition coefficient (Wildman–Crippen LogP) is 1.41. The van der Waals surface area contributed by atoms with E-state index in [0.717, 1.165) is 18.7 Å². The van der Waals surface area contributed by atoms with Crippen LogP contribution in [0.4, 0.5) is 5.69 Å². The number of piperidine rings is 1. The Morgan fingerprint density at radius 2 is 2.29 bits per heavy atom. The van der Waals surface area contributed by atoms with E-state index in [2.05, 4.69) is 25.4 Å². The number of carboxylic acids is 1. The summed E-state index contributed by atoms with van der Waals surface area (Å²) in [5.41, 5.74) is 1.56. The highest BCUT2D eigenvalue weighted by molar-refractivity contribution is 5.75. The fourth-order valence-corrected chi connectivity index (χ4v) is 3.48. The molecule has 3 N–H and O–H groups in total. The summed E-state index contributed by atoms with van der Waals surface area (Å²) in [6.07, 6.45) is 1.51. The first-order valence-corrected chi connectivity index (χ1v) is 9.13. The molecular weight excluding hydrogens is 364 g/mol. The van der Waals surface area contributed by atoms with Gasteiger partial charge in [-0.3, -0.25) is 9.59 Å². The van der Waals surface area contributed by atoms with Gasteiger partial charge < -0.3 is 19.7 Å². The van der Waals surface area contributed by atoms with E-state index in [1.54, 1.807) is 0 Å². The van der Waals surface area contributed by atoms with E-state index in [0.29, 0.717) is 42.4 Å². The lowest BCUT2D eigenvalue weighted by atomic mass is 9.97.